The van der Waals surface area contributed by atoms with Gasteiger partial charge in [0.25, 0.3) is 0 Å². The van der Waals surface area contributed by atoms with Crippen LogP contribution in [0.2, 0.25) is 0 Å². The van der Waals surface area contributed by atoms with Crippen molar-refractivity contribution in [3.8, 4) is 0 Å². The van der Waals surface area contributed by atoms with Crippen LogP contribution in [0.3, 0.4) is 0 Å². The van der Waals surface area contributed by atoms with E-state index in [-0.39, 0.29) is 11.2 Å². The lowest BCUT2D eigenvalue weighted by Crippen LogP contribution is -2.36. The highest BCUT2D eigenvalue weighted by molar-refractivity contribution is 8.00. The summed E-state index contributed by atoms with van der Waals surface area (Å²) in [5.41, 5.74) is 1.02. The van der Waals surface area contributed by atoms with Crippen LogP contribution >= 0.6 is 11.8 Å². The fourth-order valence-corrected chi connectivity index (χ4v) is 2.59. The Hall–Kier alpha value is -0.960. The number of carbonyl (C=O) groups excluding carboxylic acids is 1. The molecule has 0 spiro atoms. The zero-order valence-electron chi connectivity index (χ0n) is 7.65. The van der Waals surface area contributed by atoms with E-state index in [1.165, 1.54) is 4.90 Å². The van der Waals surface area contributed by atoms with E-state index in [0.717, 1.165) is 5.69 Å². The van der Waals surface area contributed by atoms with E-state index in [9.17, 15) is 4.79 Å². The second-order valence-corrected chi connectivity index (χ2v) is 4.51. The van der Waals surface area contributed by atoms with Crippen LogP contribution in [0.15, 0.2) is 29.2 Å². The first-order chi connectivity index (χ1) is 6.20. The second kappa shape index (κ2) is 3.07. The first kappa shape index (κ1) is 8.63. The van der Waals surface area contributed by atoms with E-state index in [1.807, 2.05) is 32.2 Å². The van der Waals surface area contributed by atoms with E-state index < -0.39 is 0 Å². The third-order valence-corrected chi connectivity index (χ3v) is 3.36. The Labute approximate surface area is 81.9 Å². The van der Waals surface area contributed by atoms with Gasteiger partial charge in [0.15, 0.2) is 0 Å². The lowest BCUT2D eigenvalue weighted by atomic mass is 10.2. The van der Waals surface area contributed by atoms with Gasteiger partial charge in [-0.1, -0.05) is 12.1 Å². The minimum Gasteiger partial charge on any atom is -0.313 e. The number of para-hydroxylation sites is 1. The van der Waals surface area contributed by atoms with E-state index in [4.69, 9.17) is 0 Å². The summed E-state index contributed by atoms with van der Waals surface area (Å²) in [6, 6.07) is 7.99. The average molecular weight is 193 g/mol. The zero-order chi connectivity index (χ0) is 9.42. The number of benzene rings is 1. The lowest BCUT2D eigenvalue weighted by molar-refractivity contribution is -0.117. The molecule has 3 heteroatoms. The van der Waals surface area contributed by atoms with Gasteiger partial charge in [-0.3, -0.25) is 4.79 Å². The third kappa shape index (κ3) is 1.33. The van der Waals surface area contributed by atoms with Crippen LogP contribution in [0.1, 0.15) is 6.92 Å². The minimum absolute atomic E-state index is 0.0416. The highest BCUT2D eigenvalue weighted by atomic mass is 32.2. The van der Waals surface area contributed by atoms with E-state index in [2.05, 4.69) is 6.07 Å². The van der Waals surface area contributed by atoms with Crippen molar-refractivity contribution in [1.29, 1.82) is 0 Å². The van der Waals surface area contributed by atoms with Crippen LogP contribution in [0.25, 0.3) is 0 Å². The molecule has 13 heavy (non-hydrogen) atoms. The zero-order valence-corrected chi connectivity index (χ0v) is 8.47. The maximum atomic E-state index is 11.6. The van der Waals surface area contributed by atoms with Crippen LogP contribution in [0.4, 0.5) is 5.69 Å². The van der Waals surface area contributed by atoms with Gasteiger partial charge in [0, 0.05) is 11.9 Å². The molecule has 1 aliphatic heterocycles. The Bertz CT molecular complexity index is 351. The summed E-state index contributed by atoms with van der Waals surface area (Å²) in [4.78, 5) is 14.5. The third-order valence-electron chi connectivity index (χ3n) is 2.21. The monoisotopic (exact) mass is 193 g/mol. The van der Waals surface area contributed by atoms with Gasteiger partial charge in [-0.15, -0.1) is 11.8 Å². The van der Waals surface area contributed by atoms with Gasteiger partial charge in [0.05, 0.1) is 10.9 Å². The summed E-state index contributed by atoms with van der Waals surface area (Å²) in [6.45, 7) is 1.94. The molecule has 0 aliphatic carbocycles. The van der Waals surface area contributed by atoms with Gasteiger partial charge >= 0.3 is 0 Å². The van der Waals surface area contributed by atoms with Crippen LogP contribution < -0.4 is 4.90 Å². The van der Waals surface area contributed by atoms with Gasteiger partial charge in [0.1, 0.15) is 0 Å². The van der Waals surface area contributed by atoms with Gasteiger partial charge in [-0.05, 0) is 19.1 Å². The minimum atomic E-state index is 0.0416. The molecular weight excluding hydrogens is 182 g/mol. The average Bonchev–Trinajstić information content (AvgIpc) is 2.15. The summed E-state index contributed by atoms with van der Waals surface area (Å²) >= 11 is 1.63. The van der Waals surface area contributed by atoms with Gasteiger partial charge in [0.2, 0.25) is 5.91 Å². The van der Waals surface area contributed by atoms with Crippen molar-refractivity contribution in [3.05, 3.63) is 24.3 Å². The standard InChI is InChI=1S/C10H11NOS/c1-7-10(12)11(2)8-5-3-4-6-9(8)13-7/h3-7H,1-2H3/t7-/m1/s1. The van der Waals surface area contributed by atoms with E-state index in [1.54, 1.807) is 16.7 Å². The molecule has 1 aromatic carbocycles. The number of fused-ring (bicyclic) bond motifs is 1. The number of amides is 1. The quantitative estimate of drug-likeness (QED) is 0.629. The van der Waals surface area contributed by atoms with Crippen molar-refractivity contribution in [2.75, 3.05) is 11.9 Å². The maximum absolute atomic E-state index is 11.6. The van der Waals surface area contributed by atoms with E-state index >= 15 is 0 Å². The molecule has 68 valence electrons. The summed E-state index contributed by atoms with van der Waals surface area (Å²) in [7, 11) is 1.83. The summed E-state index contributed by atoms with van der Waals surface area (Å²) in [5, 5.41) is 0.0416. The predicted molar refractivity (Wildman–Crippen MR) is 55.2 cm³/mol. The summed E-state index contributed by atoms with van der Waals surface area (Å²) < 4.78 is 0. The molecule has 0 radical (unpaired) electrons. The smallest absolute Gasteiger partial charge is 0.239 e. The Morgan fingerprint density at radius 2 is 2.08 bits per heavy atom. The molecule has 2 nitrogen and oxygen atoms in total. The second-order valence-electron chi connectivity index (χ2n) is 3.13. The Balaban J connectivity index is 2.49. The molecule has 1 aromatic rings. The van der Waals surface area contributed by atoms with Crippen molar-refractivity contribution >= 4 is 23.4 Å². The largest absolute Gasteiger partial charge is 0.313 e. The molecule has 2 rings (SSSR count). The summed E-state index contributed by atoms with van der Waals surface area (Å²) in [6.07, 6.45) is 0. The van der Waals surface area contributed by atoms with Gasteiger partial charge in [-0.25, -0.2) is 0 Å². The molecule has 0 aromatic heterocycles. The normalized spacial score (nSPS) is 21.5. The summed E-state index contributed by atoms with van der Waals surface area (Å²) in [5.74, 6) is 0.184. The number of thioether (sulfide) groups is 1. The molecule has 1 atom stereocenters. The number of nitrogens with zero attached hydrogens (tertiary/aromatic N) is 1. The number of hydrogen-bond donors (Lipinski definition) is 0. The molecule has 0 saturated heterocycles. The maximum Gasteiger partial charge on any atom is 0.239 e. The first-order valence-corrected chi connectivity index (χ1v) is 5.11. The van der Waals surface area contributed by atoms with Crippen molar-refractivity contribution in [2.24, 2.45) is 0 Å². The van der Waals surface area contributed by atoms with Gasteiger partial charge in [-0.2, -0.15) is 0 Å². The van der Waals surface area contributed by atoms with Crippen molar-refractivity contribution in [2.45, 2.75) is 17.1 Å². The fraction of sp³-hybridized carbons (Fsp3) is 0.300. The van der Waals surface area contributed by atoms with Crippen LogP contribution in [-0.4, -0.2) is 18.2 Å². The molecule has 1 amide bonds. The predicted octanol–water partition coefficient (Wildman–Crippen LogP) is 2.14. The number of anilines is 1. The molecule has 0 N–H and O–H groups in total. The highest BCUT2D eigenvalue weighted by Gasteiger charge is 2.27. The SMILES string of the molecule is C[C@H]1Sc2ccccc2N(C)C1=O. The molecular formula is C10H11NOS. The Morgan fingerprint density at radius 3 is 2.85 bits per heavy atom. The van der Waals surface area contributed by atoms with Crippen LogP contribution in [-0.2, 0) is 4.79 Å². The van der Waals surface area contributed by atoms with Crippen molar-refractivity contribution in [1.82, 2.24) is 0 Å². The topological polar surface area (TPSA) is 20.3 Å². The highest BCUT2D eigenvalue weighted by Crippen LogP contribution is 2.37. The molecule has 0 unspecified atom stereocenters. The molecule has 1 aliphatic rings. The molecule has 0 saturated carbocycles. The number of rotatable bonds is 0. The Morgan fingerprint density at radius 1 is 1.38 bits per heavy atom. The first-order valence-electron chi connectivity index (χ1n) is 4.23. The van der Waals surface area contributed by atoms with Crippen LogP contribution in [0, 0.1) is 0 Å². The fourth-order valence-electron chi connectivity index (χ4n) is 1.47. The molecule has 1 heterocycles. The van der Waals surface area contributed by atoms with Crippen molar-refractivity contribution in [3.63, 3.8) is 0 Å². The van der Waals surface area contributed by atoms with Gasteiger partial charge < -0.3 is 4.90 Å². The Kier molecular flexibility index (Phi) is 2.04. The van der Waals surface area contributed by atoms with E-state index in [0.29, 0.717) is 0 Å². The molecule has 0 bridgehead atoms. The van der Waals surface area contributed by atoms with Crippen LogP contribution in [0.5, 0.6) is 0 Å². The van der Waals surface area contributed by atoms with Crippen molar-refractivity contribution < 1.29 is 4.79 Å². The lowest BCUT2D eigenvalue weighted by Gasteiger charge is -2.28. The number of carbonyl (C=O) groups is 1. The molecule has 0 fully saturated rings. The number of hydrogen-bond acceptors (Lipinski definition) is 2.